The van der Waals surface area contributed by atoms with Crippen LogP contribution in [0.4, 0.5) is 0 Å². The molecule has 1 nitrogen and oxygen atoms in total. The van der Waals surface area contributed by atoms with Crippen molar-refractivity contribution in [3.63, 3.8) is 0 Å². The van der Waals surface area contributed by atoms with E-state index in [4.69, 9.17) is 0 Å². The van der Waals surface area contributed by atoms with Gasteiger partial charge >= 0.3 is 0 Å². The van der Waals surface area contributed by atoms with Gasteiger partial charge in [0, 0.05) is 17.8 Å². The van der Waals surface area contributed by atoms with Crippen LogP contribution < -0.4 is 5.32 Å². The smallest absolute Gasteiger partial charge is 0.0191 e. The lowest BCUT2D eigenvalue weighted by Crippen LogP contribution is -2.38. The average Bonchev–Trinajstić information content (AvgIpc) is 2.83. The fourth-order valence-corrected chi connectivity index (χ4v) is 3.68. The van der Waals surface area contributed by atoms with Crippen LogP contribution in [0.15, 0.2) is 0 Å². The molecule has 0 amide bonds. The molecule has 1 aliphatic carbocycles. The highest BCUT2D eigenvalue weighted by Gasteiger charge is 2.45. The summed E-state index contributed by atoms with van der Waals surface area (Å²) in [6.07, 6.45) is 4.28. The van der Waals surface area contributed by atoms with E-state index in [1.165, 1.54) is 31.6 Å². The van der Waals surface area contributed by atoms with Crippen molar-refractivity contribution >= 4 is 11.8 Å². The van der Waals surface area contributed by atoms with E-state index in [1.54, 1.807) is 0 Å². The number of hydrogen-bond acceptors (Lipinski definition) is 2. The van der Waals surface area contributed by atoms with Crippen LogP contribution in [0.2, 0.25) is 0 Å². The van der Waals surface area contributed by atoms with Crippen LogP contribution in [0.1, 0.15) is 40.0 Å². The van der Waals surface area contributed by atoms with E-state index in [0.717, 1.165) is 17.2 Å². The molecule has 2 aliphatic rings. The molecule has 1 N–H and O–H groups in total. The van der Waals surface area contributed by atoms with Gasteiger partial charge in [-0.15, -0.1) is 0 Å². The lowest BCUT2D eigenvalue weighted by Gasteiger charge is -2.24. The van der Waals surface area contributed by atoms with Crippen molar-refractivity contribution in [2.45, 2.75) is 51.3 Å². The molecule has 2 fully saturated rings. The molecule has 0 radical (unpaired) electrons. The molecule has 14 heavy (non-hydrogen) atoms. The minimum absolute atomic E-state index is 0.674. The Hall–Kier alpha value is 0.310. The molecule has 2 rings (SSSR count). The number of rotatable bonds is 4. The molecule has 0 aromatic heterocycles. The first-order chi connectivity index (χ1) is 6.64. The van der Waals surface area contributed by atoms with Crippen molar-refractivity contribution in [1.29, 1.82) is 0 Å². The van der Waals surface area contributed by atoms with Crippen LogP contribution >= 0.6 is 11.8 Å². The molecule has 2 atom stereocenters. The normalized spacial score (nSPS) is 35.1. The lowest BCUT2D eigenvalue weighted by atomic mass is 9.92. The van der Waals surface area contributed by atoms with Crippen molar-refractivity contribution in [3.8, 4) is 0 Å². The Bertz CT molecular complexity index is 198. The number of nitrogens with one attached hydrogen (secondary N) is 1. The maximum Gasteiger partial charge on any atom is 0.0191 e. The summed E-state index contributed by atoms with van der Waals surface area (Å²) in [6.45, 7) is 8.38. The molecular weight excluding hydrogens is 190 g/mol. The highest BCUT2D eigenvalue weighted by molar-refractivity contribution is 8.00. The zero-order chi connectivity index (χ0) is 10.2. The van der Waals surface area contributed by atoms with Gasteiger partial charge in [0.15, 0.2) is 0 Å². The van der Waals surface area contributed by atoms with Gasteiger partial charge in [-0.1, -0.05) is 20.8 Å². The zero-order valence-corrected chi connectivity index (χ0v) is 10.5. The van der Waals surface area contributed by atoms with Gasteiger partial charge in [0.2, 0.25) is 0 Å². The lowest BCUT2D eigenvalue weighted by molar-refractivity contribution is 0.319. The largest absolute Gasteiger partial charge is 0.312 e. The Morgan fingerprint density at radius 1 is 1.43 bits per heavy atom. The number of hydrogen-bond donors (Lipinski definition) is 1. The van der Waals surface area contributed by atoms with Gasteiger partial charge in [-0.05, 0) is 36.3 Å². The molecule has 1 aliphatic heterocycles. The topological polar surface area (TPSA) is 12.0 Å². The highest BCUT2D eigenvalue weighted by atomic mass is 32.2. The quantitative estimate of drug-likeness (QED) is 0.770. The average molecular weight is 213 g/mol. The van der Waals surface area contributed by atoms with Gasteiger partial charge in [0.1, 0.15) is 0 Å². The first-order valence-corrected chi connectivity index (χ1v) is 7.04. The second-order valence-electron chi connectivity index (χ2n) is 5.37. The van der Waals surface area contributed by atoms with E-state index in [9.17, 15) is 0 Å². The summed E-state index contributed by atoms with van der Waals surface area (Å²) in [5.41, 5.74) is 0.674. The maximum atomic E-state index is 3.79. The third-order valence-corrected chi connectivity index (χ3v) is 5.54. The molecule has 2 heteroatoms. The van der Waals surface area contributed by atoms with Gasteiger partial charge in [-0.3, -0.25) is 0 Å². The summed E-state index contributed by atoms with van der Waals surface area (Å²) in [5, 5.41) is 4.63. The fourth-order valence-electron chi connectivity index (χ4n) is 2.45. The molecule has 0 aromatic rings. The highest BCUT2D eigenvalue weighted by Crippen LogP contribution is 2.51. The first kappa shape index (κ1) is 10.8. The van der Waals surface area contributed by atoms with Gasteiger partial charge in [0.25, 0.3) is 0 Å². The number of thioether (sulfide) groups is 1. The Morgan fingerprint density at radius 3 is 2.57 bits per heavy atom. The first-order valence-electron chi connectivity index (χ1n) is 5.99. The standard InChI is InChI=1S/C12H23NS/c1-9(2)12(5-6-12)8-13-11-4-7-14-10(11)3/h9-11,13H,4-8H2,1-3H3. The van der Waals surface area contributed by atoms with E-state index >= 15 is 0 Å². The Morgan fingerprint density at radius 2 is 2.14 bits per heavy atom. The molecular formula is C12H23NS. The van der Waals surface area contributed by atoms with Gasteiger partial charge in [-0.2, -0.15) is 11.8 Å². The molecule has 0 spiro atoms. The van der Waals surface area contributed by atoms with Crippen LogP contribution in [-0.4, -0.2) is 23.6 Å². The second-order valence-corrected chi connectivity index (χ2v) is 6.85. The third-order valence-electron chi connectivity index (χ3n) is 4.21. The van der Waals surface area contributed by atoms with Crippen molar-refractivity contribution in [3.05, 3.63) is 0 Å². The molecule has 82 valence electrons. The maximum absolute atomic E-state index is 3.79. The van der Waals surface area contributed by atoms with Gasteiger partial charge in [-0.25, -0.2) is 0 Å². The molecule has 2 unspecified atom stereocenters. The van der Waals surface area contributed by atoms with Crippen LogP contribution in [0, 0.1) is 11.3 Å². The fraction of sp³-hybridized carbons (Fsp3) is 1.00. The van der Waals surface area contributed by atoms with Crippen molar-refractivity contribution in [1.82, 2.24) is 5.32 Å². The molecule has 0 bridgehead atoms. The minimum Gasteiger partial charge on any atom is -0.312 e. The van der Waals surface area contributed by atoms with Crippen LogP contribution in [-0.2, 0) is 0 Å². The van der Waals surface area contributed by atoms with Gasteiger partial charge < -0.3 is 5.32 Å². The van der Waals surface area contributed by atoms with E-state index in [1.807, 2.05) is 0 Å². The van der Waals surface area contributed by atoms with E-state index < -0.39 is 0 Å². The van der Waals surface area contributed by atoms with Crippen LogP contribution in [0.25, 0.3) is 0 Å². The minimum atomic E-state index is 0.674. The Labute approximate surface area is 92.4 Å². The summed E-state index contributed by atoms with van der Waals surface area (Å²) in [5.74, 6) is 2.22. The zero-order valence-electron chi connectivity index (χ0n) is 9.68. The molecule has 1 saturated heterocycles. The van der Waals surface area contributed by atoms with Crippen molar-refractivity contribution in [2.24, 2.45) is 11.3 Å². The van der Waals surface area contributed by atoms with Gasteiger partial charge in [0.05, 0.1) is 0 Å². The predicted octanol–water partition coefficient (Wildman–Crippen LogP) is 2.91. The Kier molecular flexibility index (Phi) is 3.13. The summed E-state index contributed by atoms with van der Waals surface area (Å²) in [6, 6.07) is 0.788. The second kappa shape index (κ2) is 4.05. The summed E-state index contributed by atoms with van der Waals surface area (Å²) in [7, 11) is 0. The Balaban J connectivity index is 1.77. The molecule has 1 heterocycles. The third kappa shape index (κ3) is 2.11. The van der Waals surface area contributed by atoms with E-state index in [-0.39, 0.29) is 0 Å². The molecule has 0 aromatic carbocycles. The van der Waals surface area contributed by atoms with Crippen molar-refractivity contribution in [2.75, 3.05) is 12.3 Å². The summed E-state index contributed by atoms with van der Waals surface area (Å²) >= 11 is 2.12. The monoisotopic (exact) mass is 213 g/mol. The van der Waals surface area contributed by atoms with E-state index in [2.05, 4.69) is 37.8 Å². The predicted molar refractivity (Wildman–Crippen MR) is 64.8 cm³/mol. The summed E-state index contributed by atoms with van der Waals surface area (Å²) in [4.78, 5) is 0. The summed E-state index contributed by atoms with van der Waals surface area (Å²) < 4.78 is 0. The van der Waals surface area contributed by atoms with Crippen LogP contribution in [0.5, 0.6) is 0 Å². The molecule has 1 saturated carbocycles. The van der Waals surface area contributed by atoms with Crippen LogP contribution in [0.3, 0.4) is 0 Å². The van der Waals surface area contributed by atoms with E-state index in [0.29, 0.717) is 5.41 Å². The SMILES string of the molecule is CC1SCCC1NCC1(C(C)C)CC1. The van der Waals surface area contributed by atoms with Crippen molar-refractivity contribution < 1.29 is 0 Å².